The minimum atomic E-state index is -1.08. The highest BCUT2D eigenvalue weighted by molar-refractivity contribution is 5.75. The summed E-state index contributed by atoms with van der Waals surface area (Å²) in [5.74, 6) is -0.295. The maximum atomic E-state index is 10.8. The summed E-state index contributed by atoms with van der Waals surface area (Å²) in [7, 11) is 0. The number of rotatable bonds is 5. The van der Waals surface area contributed by atoms with Crippen molar-refractivity contribution in [1.82, 2.24) is 0 Å². The van der Waals surface area contributed by atoms with Crippen LogP contribution < -0.4 is 9.84 Å². The summed E-state index contributed by atoms with van der Waals surface area (Å²) >= 11 is 0. The summed E-state index contributed by atoms with van der Waals surface area (Å²) in [6.45, 7) is 2.53. The van der Waals surface area contributed by atoms with E-state index >= 15 is 0 Å². The van der Waals surface area contributed by atoms with E-state index in [4.69, 9.17) is 4.74 Å². The number of hydrogen-bond donors (Lipinski definition) is 0. The number of carboxylic acid groups (broad SMARTS) is 1. The number of carbonyl (C=O) groups is 1. The molecule has 0 amide bonds. The fourth-order valence-electron chi connectivity index (χ4n) is 2.03. The van der Waals surface area contributed by atoms with E-state index in [0.717, 1.165) is 22.4 Å². The Morgan fingerprint density at radius 2 is 1.95 bits per heavy atom. The van der Waals surface area contributed by atoms with Gasteiger partial charge < -0.3 is 14.6 Å². The van der Waals surface area contributed by atoms with Gasteiger partial charge in [-0.25, -0.2) is 0 Å². The molecule has 0 fully saturated rings. The molecular formula is C16H15O3-. The third-order valence-corrected chi connectivity index (χ3v) is 2.81. The van der Waals surface area contributed by atoms with E-state index < -0.39 is 5.97 Å². The second-order valence-corrected chi connectivity index (χ2v) is 4.17. The minimum Gasteiger partial charge on any atom is -0.550 e. The lowest BCUT2D eigenvalue weighted by atomic mass is 9.97. The SMILES string of the molecule is CCOc1cccc(-c2ccccc2CC(=O)[O-])c1. The summed E-state index contributed by atoms with van der Waals surface area (Å²) in [5, 5.41) is 10.8. The zero-order valence-corrected chi connectivity index (χ0v) is 10.8. The van der Waals surface area contributed by atoms with Crippen LogP contribution in [0, 0.1) is 0 Å². The Kier molecular flexibility index (Phi) is 4.18. The van der Waals surface area contributed by atoms with Crippen molar-refractivity contribution in [2.24, 2.45) is 0 Å². The lowest BCUT2D eigenvalue weighted by Gasteiger charge is -2.11. The van der Waals surface area contributed by atoms with Gasteiger partial charge in [0.05, 0.1) is 6.61 Å². The van der Waals surface area contributed by atoms with Crippen LogP contribution in [0.4, 0.5) is 0 Å². The summed E-state index contributed by atoms with van der Waals surface area (Å²) in [4.78, 5) is 10.8. The smallest absolute Gasteiger partial charge is 0.119 e. The van der Waals surface area contributed by atoms with Gasteiger partial charge in [-0.15, -0.1) is 0 Å². The highest BCUT2D eigenvalue weighted by Crippen LogP contribution is 2.27. The van der Waals surface area contributed by atoms with Gasteiger partial charge in [-0.2, -0.15) is 0 Å². The first-order valence-electron chi connectivity index (χ1n) is 6.21. The second-order valence-electron chi connectivity index (χ2n) is 4.17. The van der Waals surface area contributed by atoms with E-state index in [1.807, 2.05) is 49.4 Å². The molecule has 0 aliphatic heterocycles. The third kappa shape index (κ3) is 3.35. The summed E-state index contributed by atoms with van der Waals surface area (Å²) < 4.78 is 5.46. The molecule has 0 heterocycles. The predicted molar refractivity (Wildman–Crippen MR) is 71.8 cm³/mol. The number of carbonyl (C=O) groups excluding carboxylic acids is 1. The first-order chi connectivity index (χ1) is 9.20. The Morgan fingerprint density at radius 1 is 1.16 bits per heavy atom. The van der Waals surface area contributed by atoms with Crippen LogP contribution in [0.1, 0.15) is 12.5 Å². The van der Waals surface area contributed by atoms with E-state index in [0.29, 0.717) is 6.61 Å². The molecule has 0 N–H and O–H groups in total. The third-order valence-electron chi connectivity index (χ3n) is 2.81. The molecule has 0 aromatic heterocycles. The van der Waals surface area contributed by atoms with Crippen molar-refractivity contribution in [3.63, 3.8) is 0 Å². The van der Waals surface area contributed by atoms with Crippen LogP contribution in [-0.4, -0.2) is 12.6 Å². The van der Waals surface area contributed by atoms with Crippen molar-refractivity contribution in [2.45, 2.75) is 13.3 Å². The summed E-state index contributed by atoms with van der Waals surface area (Å²) in [6, 6.07) is 15.1. The lowest BCUT2D eigenvalue weighted by Crippen LogP contribution is -2.24. The Bertz CT molecular complexity index is 576. The number of carboxylic acids is 1. The fourth-order valence-corrected chi connectivity index (χ4v) is 2.03. The average molecular weight is 255 g/mol. The van der Waals surface area contributed by atoms with Gasteiger partial charge in [-0.05, 0) is 35.7 Å². The first kappa shape index (κ1) is 13.1. The number of ether oxygens (including phenoxy) is 1. The quantitative estimate of drug-likeness (QED) is 0.821. The van der Waals surface area contributed by atoms with Gasteiger partial charge in [-0.1, -0.05) is 36.4 Å². The molecule has 0 spiro atoms. The van der Waals surface area contributed by atoms with E-state index in [1.165, 1.54) is 0 Å². The Balaban J connectivity index is 2.40. The maximum Gasteiger partial charge on any atom is 0.119 e. The predicted octanol–water partition coefficient (Wildman–Crippen LogP) is 2.04. The zero-order valence-electron chi connectivity index (χ0n) is 10.8. The molecule has 0 bridgehead atoms. The molecule has 0 aliphatic carbocycles. The second kappa shape index (κ2) is 6.05. The Hall–Kier alpha value is -2.29. The van der Waals surface area contributed by atoms with Gasteiger partial charge in [0.1, 0.15) is 5.75 Å². The molecule has 0 saturated heterocycles. The minimum absolute atomic E-state index is 0.0883. The normalized spacial score (nSPS) is 10.2. The van der Waals surface area contributed by atoms with E-state index in [-0.39, 0.29) is 6.42 Å². The van der Waals surface area contributed by atoms with Gasteiger partial charge in [-0.3, -0.25) is 0 Å². The molecule has 2 aromatic carbocycles. The monoisotopic (exact) mass is 255 g/mol. The first-order valence-corrected chi connectivity index (χ1v) is 6.21. The average Bonchev–Trinajstić information content (AvgIpc) is 2.39. The van der Waals surface area contributed by atoms with E-state index in [1.54, 1.807) is 6.07 Å². The molecule has 0 radical (unpaired) electrons. The highest BCUT2D eigenvalue weighted by Gasteiger charge is 2.05. The molecule has 3 heteroatoms. The molecule has 0 atom stereocenters. The van der Waals surface area contributed by atoms with Crippen LogP contribution in [0.15, 0.2) is 48.5 Å². The number of hydrogen-bond acceptors (Lipinski definition) is 3. The van der Waals surface area contributed by atoms with Gasteiger partial charge >= 0.3 is 0 Å². The molecule has 19 heavy (non-hydrogen) atoms. The van der Waals surface area contributed by atoms with Crippen LogP contribution in [-0.2, 0) is 11.2 Å². The molecule has 2 rings (SSSR count). The van der Waals surface area contributed by atoms with Crippen molar-refractivity contribution in [3.05, 3.63) is 54.1 Å². The lowest BCUT2D eigenvalue weighted by molar-refractivity contribution is -0.304. The van der Waals surface area contributed by atoms with Gasteiger partial charge in [0.2, 0.25) is 0 Å². The standard InChI is InChI=1S/C16H16O3/c1-2-19-14-8-5-7-12(10-14)15-9-4-3-6-13(15)11-16(17)18/h3-10H,2,11H2,1H3,(H,17,18)/p-1. The Labute approximate surface area is 112 Å². The van der Waals surface area contributed by atoms with Crippen molar-refractivity contribution in [3.8, 4) is 16.9 Å². The summed E-state index contributed by atoms with van der Waals surface area (Å²) in [5.41, 5.74) is 2.59. The molecule has 0 saturated carbocycles. The van der Waals surface area contributed by atoms with Crippen molar-refractivity contribution >= 4 is 5.97 Å². The van der Waals surface area contributed by atoms with E-state index in [9.17, 15) is 9.90 Å². The molecule has 98 valence electrons. The van der Waals surface area contributed by atoms with Crippen LogP contribution in [0.2, 0.25) is 0 Å². The van der Waals surface area contributed by atoms with Gasteiger partial charge in [0.25, 0.3) is 0 Å². The van der Waals surface area contributed by atoms with Crippen molar-refractivity contribution < 1.29 is 14.6 Å². The molecule has 0 unspecified atom stereocenters. The molecule has 2 aromatic rings. The molecule has 0 aliphatic rings. The topological polar surface area (TPSA) is 49.4 Å². The highest BCUT2D eigenvalue weighted by atomic mass is 16.5. The summed E-state index contributed by atoms with van der Waals surface area (Å²) in [6.07, 6.45) is -0.0883. The van der Waals surface area contributed by atoms with Crippen LogP contribution >= 0.6 is 0 Å². The van der Waals surface area contributed by atoms with E-state index in [2.05, 4.69) is 0 Å². The van der Waals surface area contributed by atoms with Crippen LogP contribution in [0.5, 0.6) is 5.75 Å². The van der Waals surface area contributed by atoms with Crippen LogP contribution in [0.3, 0.4) is 0 Å². The van der Waals surface area contributed by atoms with Crippen LogP contribution in [0.25, 0.3) is 11.1 Å². The molecule has 3 nitrogen and oxygen atoms in total. The number of aliphatic carboxylic acids is 1. The zero-order chi connectivity index (χ0) is 13.7. The van der Waals surface area contributed by atoms with Crippen molar-refractivity contribution in [1.29, 1.82) is 0 Å². The Morgan fingerprint density at radius 3 is 2.68 bits per heavy atom. The van der Waals surface area contributed by atoms with Gasteiger partial charge in [0, 0.05) is 12.4 Å². The maximum absolute atomic E-state index is 10.8. The number of benzene rings is 2. The van der Waals surface area contributed by atoms with Crippen molar-refractivity contribution in [2.75, 3.05) is 6.61 Å². The fraction of sp³-hybridized carbons (Fsp3) is 0.188. The molecular weight excluding hydrogens is 240 g/mol. The largest absolute Gasteiger partial charge is 0.550 e. The van der Waals surface area contributed by atoms with Gasteiger partial charge in [0.15, 0.2) is 0 Å².